The number of nitrogens with zero attached hydrogens (tertiary/aromatic N) is 2. The van der Waals surface area contributed by atoms with Crippen LogP contribution in [0.15, 0.2) is 55.0 Å². The number of hydrogen-bond acceptors (Lipinski definition) is 7. The summed E-state index contributed by atoms with van der Waals surface area (Å²) in [6.45, 7) is 7.45. The molecule has 0 aliphatic carbocycles. The van der Waals surface area contributed by atoms with Crippen molar-refractivity contribution in [1.82, 2.24) is 9.97 Å². The first-order valence-electron chi connectivity index (χ1n) is 8.98. The molecule has 0 saturated carbocycles. The van der Waals surface area contributed by atoms with Crippen molar-refractivity contribution in [2.45, 2.75) is 6.92 Å². The van der Waals surface area contributed by atoms with Gasteiger partial charge in [-0.15, -0.1) is 0 Å². The van der Waals surface area contributed by atoms with Crippen molar-refractivity contribution in [1.29, 1.82) is 0 Å². The third-order valence-electron chi connectivity index (χ3n) is 3.70. The molecule has 1 aromatic heterocycles. The van der Waals surface area contributed by atoms with E-state index in [1.54, 1.807) is 20.3 Å². The minimum Gasteiger partial charge on any atom is -0.487 e. The molecule has 1 heterocycles. The third kappa shape index (κ3) is 6.07. The van der Waals surface area contributed by atoms with Crippen LogP contribution in [0.3, 0.4) is 0 Å². The van der Waals surface area contributed by atoms with Gasteiger partial charge in [0.1, 0.15) is 25.4 Å². The molecule has 0 amide bonds. The Morgan fingerprint density at radius 1 is 1.04 bits per heavy atom. The van der Waals surface area contributed by atoms with Crippen LogP contribution in [0.25, 0.3) is 10.9 Å². The predicted molar refractivity (Wildman–Crippen MR) is 111 cm³/mol. The highest BCUT2D eigenvalue weighted by Gasteiger charge is 2.13. The van der Waals surface area contributed by atoms with Gasteiger partial charge in [0, 0.05) is 31.4 Å². The molecule has 0 saturated heterocycles. The van der Waals surface area contributed by atoms with E-state index in [1.165, 1.54) is 6.33 Å². The van der Waals surface area contributed by atoms with E-state index in [2.05, 4.69) is 21.9 Å². The summed E-state index contributed by atoms with van der Waals surface area (Å²) in [7, 11) is 3.26. The van der Waals surface area contributed by atoms with Crippen LogP contribution in [0.2, 0.25) is 0 Å². The topological polar surface area (TPSA) is 74.7 Å². The Bertz CT molecular complexity index is 834. The van der Waals surface area contributed by atoms with Crippen LogP contribution >= 0.6 is 0 Å². The van der Waals surface area contributed by atoms with Crippen molar-refractivity contribution in [2.24, 2.45) is 0 Å². The molecule has 0 spiro atoms. The maximum Gasteiger partial charge on any atom is 0.163 e. The van der Waals surface area contributed by atoms with Crippen LogP contribution in [-0.2, 0) is 9.47 Å². The maximum absolute atomic E-state index is 5.85. The number of rotatable bonds is 12. The van der Waals surface area contributed by atoms with Gasteiger partial charge >= 0.3 is 0 Å². The highest BCUT2D eigenvalue weighted by atomic mass is 16.5. The van der Waals surface area contributed by atoms with Gasteiger partial charge in [0.15, 0.2) is 11.5 Å². The molecule has 0 fully saturated rings. The number of aromatic nitrogens is 2. The van der Waals surface area contributed by atoms with Crippen LogP contribution < -0.4 is 14.8 Å². The van der Waals surface area contributed by atoms with Crippen LogP contribution in [-0.4, -0.2) is 50.6 Å². The van der Waals surface area contributed by atoms with Crippen LogP contribution in [0, 0.1) is 0 Å². The molecule has 28 heavy (non-hydrogen) atoms. The zero-order chi connectivity index (χ0) is 20.2. The van der Waals surface area contributed by atoms with Gasteiger partial charge in [-0.25, -0.2) is 9.97 Å². The molecule has 7 nitrogen and oxygen atoms in total. The minimum atomic E-state index is 0.402. The molecule has 0 atom stereocenters. The highest BCUT2D eigenvalue weighted by Crippen LogP contribution is 2.34. The fraction of sp³-hybridized carbons (Fsp3) is 0.333. The van der Waals surface area contributed by atoms with E-state index < -0.39 is 0 Å². The molecule has 1 aromatic carbocycles. The first-order chi connectivity index (χ1) is 13.7. The average molecular weight is 385 g/mol. The van der Waals surface area contributed by atoms with Crippen LogP contribution in [0.5, 0.6) is 11.5 Å². The van der Waals surface area contributed by atoms with Gasteiger partial charge in [-0.05, 0) is 25.1 Å². The predicted octanol–water partition coefficient (Wildman–Crippen LogP) is 3.74. The quantitative estimate of drug-likeness (QED) is 0.441. The number of allylic oxidation sites excluding steroid dienone is 4. The van der Waals surface area contributed by atoms with Gasteiger partial charge in [0.2, 0.25) is 0 Å². The van der Waals surface area contributed by atoms with E-state index in [0.717, 1.165) is 16.6 Å². The summed E-state index contributed by atoms with van der Waals surface area (Å²) in [6.07, 6.45) is 8.97. The second-order valence-corrected chi connectivity index (χ2v) is 5.70. The summed E-state index contributed by atoms with van der Waals surface area (Å²) in [5.74, 6) is 1.86. The fourth-order valence-electron chi connectivity index (χ4n) is 2.44. The molecule has 0 unspecified atom stereocenters. The monoisotopic (exact) mass is 385 g/mol. The number of benzene rings is 1. The molecule has 0 radical (unpaired) electrons. The van der Waals surface area contributed by atoms with Gasteiger partial charge in [0.25, 0.3) is 0 Å². The van der Waals surface area contributed by atoms with Crippen molar-refractivity contribution in [3.8, 4) is 11.5 Å². The normalized spacial score (nSPS) is 11.8. The van der Waals surface area contributed by atoms with Crippen molar-refractivity contribution < 1.29 is 18.9 Å². The lowest BCUT2D eigenvalue weighted by Crippen LogP contribution is -2.09. The van der Waals surface area contributed by atoms with E-state index in [0.29, 0.717) is 43.7 Å². The summed E-state index contributed by atoms with van der Waals surface area (Å²) in [5.41, 5.74) is 1.60. The Kier molecular flexibility index (Phi) is 8.97. The van der Waals surface area contributed by atoms with Crippen molar-refractivity contribution in [3.05, 3.63) is 55.0 Å². The largest absolute Gasteiger partial charge is 0.487 e. The van der Waals surface area contributed by atoms with Gasteiger partial charge < -0.3 is 24.3 Å². The molecular formula is C21H27N3O4. The first kappa shape index (κ1) is 21.4. The molecule has 0 bridgehead atoms. The van der Waals surface area contributed by atoms with E-state index >= 15 is 0 Å². The molecule has 2 rings (SSSR count). The first-order valence-corrected chi connectivity index (χ1v) is 8.98. The zero-order valence-electron chi connectivity index (χ0n) is 16.6. The smallest absolute Gasteiger partial charge is 0.163 e. The molecule has 1 N–H and O–H groups in total. The summed E-state index contributed by atoms with van der Waals surface area (Å²) < 4.78 is 21.8. The van der Waals surface area contributed by atoms with Crippen molar-refractivity contribution in [2.75, 3.05) is 46.0 Å². The van der Waals surface area contributed by atoms with E-state index in [9.17, 15) is 0 Å². The number of methoxy groups -OCH3 is 2. The van der Waals surface area contributed by atoms with E-state index in [4.69, 9.17) is 18.9 Å². The molecule has 7 heteroatoms. The SMILES string of the molecule is C=C/C=C(\C=C/C)Nc1ncnc2cc(OCCOC)c(OCCOC)cc12. The van der Waals surface area contributed by atoms with E-state index in [1.807, 2.05) is 37.3 Å². The van der Waals surface area contributed by atoms with Crippen LogP contribution in [0.4, 0.5) is 5.82 Å². The fourth-order valence-corrected chi connectivity index (χ4v) is 2.44. The van der Waals surface area contributed by atoms with Gasteiger partial charge in [-0.2, -0.15) is 0 Å². The molecule has 150 valence electrons. The third-order valence-corrected chi connectivity index (χ3v) is 3.70. The van der Waals surface area contributed by atoms with Crippen molar-refractivity contribution in [3.63, 3.8) is 0 Å². The molecule has 0 aliphatic heterocycles. The number of ether oxygens (including phenoxy) is 4. The number of hydrogen-bond donors (Lipinski definition) is 1. The Morgan fingerprint density at radius 2 is 1.71 bits per heavy atom. The lowest BCUT2D eigenvalue weighted by atomic mass is 10.2. The van der Waals surface area contributed by atoms with Gasteiger partial charge in [-0.3, -0.25) is 0 Å². The second-order valence-electron chi connectivity index (χ2n) is 5.70. The minimum absolute atomic E-state index is 0.402. The number of anilines is 1. The maximum atomic E-state index is 5.85. The van der Waals surface area contributed by atoms with Gasteiger partial charge in [0.05, 0.1) is 18.7 Å². The van der Waals surface area contributed by atoms with Crippen molar-refractivity contribution >= 4 is 16.7 Å². The summed E-state index contributed by atoms with van der Waals surface area (Å²) in [5, 5.41) is 4.11. The number of nitrogens with one attached hydrogen (secondary N) is 1. The summed E-state index contributed by atoms with van der Waals surface area (Å²) in [6, 6.07) is 3.71. The Morgan fingerprint density at radius 3 is 2.32 bits per heavy atom. The lowest BCUT2D eigenvalue weighted by Gasteiger charge is -2.15. The van der Waals surface area contributed by atoms with E-state index in [-0.39, 0.29) is 0 Å². The summed E-state index contributed by atoms with van der Waals surface area (Å²) in [4.78, 5) is 8.75. The lowest BCUT2D eigenvalue weighted by molar-refractivity contribution is 0.132. The Labute approximate surface area is 165 Å². The average Bonchev–Trinajstić information content (AvgIpc) is 2.69. The zero-order valence-corrected chi connectivity index (χ0v) is 16.6. The Balaban J connectivity index is 2.42. The van der Waals surface area contributed by atoms with Crippen LogP contribution in [0.1, 0.15) is 6.92 Å². The molecular weight excluding hydrogens is 358 g/mol. The Hall–Kier alpha value is -2.90. The molecule has 0 aliphatic rings. The van der Waals surface area contributed by atoms with Gasteiger partial charge in [-0.1, -0.05) is 18.7 Å². The number of fused-ring (bicyclic) bond motifs is 1. The second kappa shape index (κ2) is 11.7. The highest BCUT2D eigenvalue weighted by molar-refractivity contribution is 5.92. The molecule has 2 aromatic rings. The summed E-state index contributed by atoms with van der Waals surface area (Å²) >= 11 is 0. The standard InChI is InChI=1S/C21H27N3O4/c1-5-7-16(8-6-2)24-21-17-13-19(27-11-9-25-3)20(28-12-10-26-4)14-18(17)22-15-23-21/h5-8,13-15H,1,9-12H2,2-4H3,(H,22,23,24)/b8-6-,16-7+.